The summed E-state index contributed by atoms with van der Waals surface area (Å²) in [5.74, 6) is -1.50. The van der Waals surface area contributed by atoms with Gasteiger partial charge >= 0.3 is 12.1 Å². The van der Waals surface area contributed by atoms with Gasteiger partial charge in [-0.15, -0.1) is 0 Å². The number of aromatic nitrogens is 3. The van der Waals surface area contributed by atoms with Crippen LogP contribution in [0.2, 0.25) is 0 Å². The molecule has 2 N–H and O–H groups in total. The predicted molar refractivity (Wildman–Crippen MR) is 175 cm³/mol. The van der Waals surface area contributed by atoms with Crippen LogP contribution >= 0.6 is 15.9 Å². The normalized spacial score (nSPS) is 27.9. The Morgan fingerprint density at radius 2 is 1.91 bits per heavy atom. The molecular weight excluding hydrogens is 656 g/mol. The summed E-state index contributed by atoms with van der Waals surface area (Å²) in [4.78, 5) is 57.6. The van der Waals surface area contributed by atoms with E-state index in [1.54, 1.807) is 32.5 Å². The van der Waals surface area contributed by atoms with Gasteiger partial charge in [0.25, 0.3) is 0 Å². The van der Waals surface area contributed by atoms with Crippen molar-refractivity contribution in [2.75, 3.05) is 13.2 Å². The molecule has 1 saturated carbocycles. The van der Waals surface area contributed by atoms with E-state index in [1.165, 1.54) is 4.90 Å². The number of alkyl carbamates (subject to hydrolysis) is 1. The summed E-state index contributed by atoms with van der Waals surface area (Å²) in [6, 6.07) is -0.327. The Kier molecular flexibility index (Phi) is 9.81. The molecule has 12 nitrogen and oxygen atoms in total. The lowest BCUT2D eigenvalue weighted by Crippen LogP contribution is -2.56. The largest absolute Gasteiger partial charge is 0.464 e. The van der Waals surface area contributed by atoms with Crippen molar-refractivity contribution in [3.8, 4) is 0 Å². The first-order valence-electron chi connectivity index (χ1n) is 16.2. The van der Waals surface area contributed by atoms with Crippen LogP contribution in [0, 0.1) is 19.8 Å². The molecule has 1 aromatic carbocycles. The molecule has 5 rings (SSSR count). The minimum Gasteiger partial charge on any atom is -0.464 e. The molecule has 1 saturated heterocycles. The molecule has 3 heterocycles. The van der Waals surface area contributed by atoms with Gasteiger partial charge in [-0.3, -0.25) is 9.59 Å². The molecule has 0 bridgehead atoms. The molecule has 2 aliphatic heterocycles. The highest BCUT2D eigenvalue weighted by molar-refractivity contribution is 9.10. The number of esters is 1. The van der Waals surface area contributed by atoms with Gasteiger partial charge in [-0.2, -0.15) is 15.0 Å². The second-order valence-electron chi connectivity index (χ2n) is 13.6. The Labute approximate surface area is 278 Å². The molecule has 2 fully saturated rings. The van der Waals surface area contributed by atoms with Crippen molar-refractivity contribution in [1.82, 2.24) is 30.5 Å². The Morgan fingerprint density at radius 1 is 1.15 bits per heavy atom. The van der Waals surface area contributed by atoms with Gasteiger partial charge < -0.3 is 25.0 Å². The molecular formula is C33H45BrN6O6. The van der Waals surface area contributed by atoms with Gasteiger partial charge in [0.15, 0.2) is 0 Å². The zero-order valence-electron chi connectivity index (χ0n) is 27.5. The number of aryl methyl sites for hydroxylation is 1. The third-order valence-electron chi connectivity index (χ3n) is 9.11. The first-order chi connectivity index (χ1) is 21.7. The fraction of sp³-hybridized carbons (Fsp3) is 0.636. The van der Waals surface area contributed by atoms with Crippen molar-refractivity contribution in [3.05, 3.63) is 33.8 Å². The maximum Gasteiger partial charge on any atom is 0.408 e. The van der Waals surface area contributed by atoms with Crippen molar-refractivity contribution >= 4 is 50.8 Å². The highest BCUT2D eigenvalue weighted by Crippen LogP contribution is 2.46. The minimum atomic E-state index is -1.18. The fourth-order valence-corrected chi connectivity index (χ4v) is 6.90. The number of nitrogens with zero attached hydrogens (tertiary/aromatic N) is 4. The zero-order chi connectivity index (χ0) is 33.4. The van der Waals surface area contributed by atoms with Crippen molar-refractivity contribution in [2.45, 2.75) is 116 Å². The van der Waals surface area contributed by atoms with Gasteiger partial charge in [-0.05, 0) is 84.4 Å². The van der Waals surface area contributed by atoms with Crippen molar-refractivity contribution in [3.63, 3.8) is 0 Å². The standard InChI is InChI=1S/C33H45BrN6O6/c1-7-45-30(43)33-17-21(33)13-11-9-8-10-12-14-24(35-31(44)46-32(4,5)6)29(42)39-18-22(15-26(39)28(41)36-33)40-37-25-16-23(34)19(2)20(3)27(25)38-40/h11,13,16,21-22,24,26H,7-10,12,14-15,17-18H2,1-6H3,(H,35,44)(H,36,41)/b13-11-/t21?,22?,24-,26-,33+/m0/s1. The average Bonchev–Trinajstić information content (AvgIpc) is 3.28. The lowest BCUT2D eigenvalue weighted by atomic mass is 10.0. The van der Waals surface area contributed by atoms with Crippen LogP contribution in [0.4, 0.5) is 4.79 Å². The molecule has 2 aromatic rings. The zero-order valence-corrected chi connectivity index (χ0v) is 29.1. The fourth-order valence-electron chi connectivity index (χ4n) is 6.39. The maximum atomic E-state index is 14.3. The Hall–Kier alpha value is -3.48. The van der Waals surface area contributed by atoms with E-state index < -0.39 is 47.2 Å². The molecule has 46 heavy (non-hydrogen) atoms. The summed E-state index contributed by atoms with van der Waals surface area (Å²) in [5.41, 5.74) is 1.57. The number of amides is 3. The van der Waals surface area contributed by atoms with Crippen molar-refractivity contribution in [2.24, 2.45) is 5.92 Å². The van der Waals surface area contributed by atoms with Crippen molar-refractivity contribution < 1.29 is 28.7 Å². The van der Waals surface area contributed by atoms with Crippen LogP contribution in [0.5, 0.6) is 0 Å². The van der Waals surface area contributed by atoms with E-state index in [2.05, 4.69) is 26.6 Å². The van der Waals surface area contributed by atoms with Crippen LogP contribution in [0.1, 0.15) is 89.8 Å². The number of ether oxygens (including phenoxy) is 2. The Balaban J connectivity index is 1.50. The van der Waals surface area contributed by atoms with Crippen LogP contribution < -0.4 is 10.6 Å². The van der Waals surface area contributed by atoms with Crippen molar-refractivity contribution in [1.29, 1.82) is 0 Å². The van der Waals surface area contributed by atoms with Crippen LogP contribution in [-0.4, -0.2) is 80.1 Å². The van der Waals surface area contributed by atoms with E-state index >= 15 is 0 Å². The average molecular weight is 702 g/mol. The second kappa shape index (κ2) is 13.3. The molecule has 0 radical (unpaired) electrons. The van der Waals surface area contributed by atoms with Crippen LogP contribution in [0.25, 0.3) is 11.0 Å². The van der Waals surface area contributed by atoms with E-state index in [9.17, 15) is 19.2 Å². The summed E-state index contributed by atoms with van der Waals surface area (Å²) in [7, 11) is 0. The molecule has 1 aliphatic carbocycles. The third kappa shape index (κ3) is 7.08. The lowest BCUT2D eigenvalue weighted by molar-refractivity contribution is -0.150. The number of hydrogen-bond donors (Lipinski definition) is 2. The summed E-state index contributed by atoms with van der Waals surface area (Å²) >= 11 is 3.60. The summed E-state index contributed by atoms with van der Waals surface area (Å²) in [6.07, 6.45) is 7.64. The van der Waals surface area contributed by atoms with E-state index in [1.807, 2.05) is 32.1 Å². The number of carbonyl (C=O) groups excluding carboxylic acids is 4. The Bertz CT molecular complexity index is 1550. The van der Waals surface area contributed by atoms with Gasteiger partial charge in [-0.1, -0.05) is 40.9 Å². The van der Waals surface area contributed by atoms with Crippen LogP contribution in [0.15, 0.2) is 22.7 Å². The molecule has 1 aromatic heterocycles. The first-order valence-corrected chi connectivity index (χ1v) is 17.0. The molecule has 3 aliphatic rings. The Morgan fingerprint density at radius 3 is 2.63 bits per heavy atom. The molecule has 13 heteroatoms. The topological polar surface area (TPSA) is 145 Å². The van der Waals surface area contributed by atoms with Gasteiger partial charge in [0.1, 0.15) is 34.3 Å². The van der Waals surface area contributed by atoms with Crippen LogP contribution in [0.3, 0.4) is 0 Å². The number of fused-ring (bicyclic) bond motifs is 3. The van der Waals surface area contributed by atoms with E-state index in [0.29, 0.717) is 24.8 Å². The number of nitrogens with one attached hydrogen (secondary N) is 2. The molecule has 250 valence electrons. The number of halogens is 1. The van der Waals surface area contributed by atoms with Crippen LogP contribution in [-0.2, 0) is 23.9 Å². The first kappa shape index (κ1) is 33.9. The molecule has 2 unspecified atom stereocenters. The highest BCUT2D eigenvalue weighted by Gasteiger charge is 2.62. The molecule has 3 amide bonds. The smallest absolute Gasteiger partial charge is 0.408 e. The van der Waals surface area contributed by atoms with E-state index in [0.717, 1.165) is 40.4 Å². The minimum absolute atomic E-state index is 0.152. The lowest BCUT2D eigenvalue weighted by Gasteiger charge is -2.30. The monoisotopic (exact) mass is 700 g/mol. The molecule has 0 spiro atoms. The number of rotatable bonds is 4. The predicted octanol–water partition coefficient (Wildman–Crippen LogP) is 4.80. The number of benzene rings is 1. The number of hydrogen-bond acceptors (Lipinski definition) is 8. The maximum absolute atomic E-state index is 14.3. The summed E-state index contributed by atoms with van der Waals surface area (Å²) in [6.45, 7) is 11.3. The second-order valence-corrected chi connectivity index (χ2v) is 14.5. The van der Waals surface area contributed by atoms with E-state index in [4.69, 9.17) is 19.7 Å². The number of carbonyl (C=O) groups is 4. The summed E-state index contributed by atoms with van der Waals surface area (Å²) in [5, 5.41) is 15.3. The third-order valence-corrected chi connectivity index (χ3v) is 9.93. The van der Waals surface area contributed by atoms with Gasteiger partial charge in [0.2, 0.25) is 11.8 Å². The van der Waals surface area contributed by atoms with Gasteiger partial charge in [0.05, 0.1) is 12.6 Å². The number of allylic oxidation sites excluding steroid dienone is 1. The highest BCUT2D eigenvalue weighted by atomic mass is 79.9. The summed E-state index contributed by atoms with van der Waals surface area (Å²) < 4.78 is 11.8. The van der Waals surface area contributed by atoms with Gasteiger partial charge in [-0.25, -0.2) is 9.59 Å². The molecule has 5 atom stereocenters. The van der Waals surface area contributed by atoms with Gasteiger partial charge in [0, 0.05) is 23.4 Å². The van der Waals surface area contributed by atoms with E-state index in [-0.39, 0.29) is 31.4 Å². The quantitative estimate of drug-likeness (QED) is 0.342. The SMILES string of the molecule is CCOC(=O)[C@@]12CC1/C=C\CCCCC[C@H](NC(=O)OC(C)(C)C)C(=O)N1CC(n3nc4cc(Br)c(C)c(C)c4n3)C[C@H]1C(=O)N2.